The molecule has 4 nitrogen and oxygen atoms in total. The number of rotatable bonds is 12. The maximum Gasteiger partial charge on any atom is 0.311 e. The molecule has 0 aromatic rings. The summed E-state index contributed by atoms with van der Waals surface area (Å²) < 4.78 is 0. The standard InChI is InChI=1S/C22H38O4/c1-5-7-11-17(3)15-21(19(23)24)13-9-10-14-22(21,20(25)26)16-18(4)12-8-6-2/h9-10,17-18H,5-8,11-16H2,1-4H3,(H,23,24)(H,25,26). The first-order valence-corrected chi connectivity index (χ1v) is 10.4. The van der Waals surface area contributed by atoms with Gasteiger partial charge in [-0.2, -0.15) is 0 Å². The minimum Gasteiger partial charge on any atom is -0.481 e. The second-order valence-corrected chi connectivity index (χ2v) is 8.56. The third kappa shape index (κ3) is 4.89. The molecule has 1 aliphatic carbocycles. The molecule has 2 N–H and O–H groups in total. The molecular formula is C22H38O4. The van der Waals surface area contributed by atoms with Gasteiger partial charge in [-0.1, -0.05) is 78.4 Å². The van der Waals surface area contributed by atoms with E-state index in [0.29, 0.717) is 25.7 Å². The smallest absolute Gasteiger partial charge is 0.311 e. The molecule has 26 heavy (non-hydrogen) atoms. The van der Waals surface area contributed by atoms with Crippen LogP contribution in [-0.2, 0) is 9.59 Å². The fourth-order valence-corrected chi connectivity index (χ4v) is 4.77. The highest BCUT2D eigenvalue weighted by Gasteiger charge is 2.61. The molecule has 1 aliphatic rings. The van der Waals surface area contributed by atoms with Crippen LogP contribution in [0.1, 0.15) is 91.9 Å². The summed E-state index contributed by atoms with van der Waals surface area (Å²) in [5, 5.41) is 20.5. The first-order valence-electron chi connectivity index (χ1n) is 10.4. The van der Waals surface area contributed by atoms with E-state index in [1.807, 2.05) is 12.2 Å². The van der Waals surface area contributed by atoms with Crippen LogP contribution in [0.4, 0.5) is 0 Å². The molecule has 0 amide bonds. The maximum atomic E-state index is 12.5. The van der Waals surface area contributed by atoms with Gasteiger partial charge in [0.05, 0.1) is 10.8 Å². The summed E-state index contributed by atoms with van der Waals surface area (Å²) in [6.45, 7) is 8.40. The maximum absolute atomic E-state index is 12.5. The van der Waals surface area contributed by atoms with Gasteiger partial charge in [-0.25, -0.2) is 0 Å². The highest BCUT2D eigenvalue weighted by Crippen LogP contribution is 2.56. The molecule has 1 rings (SSSR count). The van der Waals surface area contributed by atoms with E-state index in [1.165, 1.54) is 0 Å². The quantitative estimate of drug-likeness (QED) is 0.421. The lowest BCUT2D eigenvalue weighted by atomic mass is 9.52. The second-order valence-electron chi connectivity index (χ2n) is 8.56. The zero-order chi connectivity index (χ0) is 19.8. The molecule has 0 saturated heterocycles. The van der Waals surface area contributed by atoms with Crippen molar-refractivity contribution < 1.29 is 19.8 Å². The minimum atomic E-state index is -1.21. The van der Waals surface area contributed by atoms with E-state index in [9.17, 15) is 19.8 Å². The molecule has 0 aromatic carbocycles. The van der Waals surface area contributed by atoms with Gasteiger partial charge in [0.25, 0.3) is 0 Å². The zero-order valence-electron chi connectivity index (χ0n) is 17.1. The minimum absolute atomic E-state index is 0.210. The first-order chi connectivity index (χ1) is 12.3. The van der Waals surface area contributed by atoms with Gasteiger partial charge in [-0.05, 0) is 37.5 Å². The second kappa shape index (κ2) is 10.1. The van der Waals surface area contributed by atoms with Crippen LogP contribution in [-0.4, -0.2) is 22.2 Å². The Labute approximate surface area is 159 Å². The fraction of sp³-hybridized carbons (Fsp3) is 0.818. The van der Waals surface area contributed by atoms with E-state index in [2.05, 4.69) is 27.7 Å². The van der Waals surface area contributed by atoms with Crippen molar-refractivity contribution in [2.45, 2.75) is 91.9 Å². The number of carbonyl (C=O) groups is 2. The lowest BCUT2D eigenvalue weighted by molar-refractivity contribution is -0.179. The molecule has 4 heteroatoms. The molecule has 0 fully saturated rings. The first kappa shape index (κ1) is 22.7. The summed E-state index contributed by atoms with van der Waals surface area (Å²) in [5.41, 5.74) is -2.41. The van der Waals surface area contributed by atoms with Crippen LogP contribution >= 0.6 is 0 Å². The molecule has 0 bridgehead atoms. The van der Waals surface area contributed by atoms with Crippen LogP contribution in [0.15, 0.2) is 12.2 Å². The van der Waals surface area contributed by atoms with Crippen molar-refractivity contribution >= 4 is 11.9 Å². The van der Waals surface area contributed by atoms with Crippen molar-refractivity contribution in [3.63, 3.8) is 0 Å². The number of allylic oxidation sites excluding steroid dienone is 2. The Hall–Kier alpha value is -1.32. The predicted octanol–water partition coefficient (Wildman–Crippen LogP) is 5.91. The highest BCUT2D eigenvalue weighted by molar-refractivity contribution is 5.87. The van der Waals surface area contributed by atoms with Gasteiger partial charge in [-0.15, -0.1) is 0 Å². The fourth-order valence-electron chi connectivity index (χ4n) is 4.77. The number of carboxylic acid groups (broad SMARTS) is 2. The SMILES string of the molecule is CCCCC(C)CC1(C(=O)O)CC=CCC1(CC(C)CCCC)C(=O)O. The lowest BCUT2D eigenvalue weighted by Crippen LogP contribution is -2.55. The number of unbranched alkanes of at least 4 members (excludes halogenated alkanes) is 2. The Balaban J connectivity index is 3.25. The van der Waals surface area contributed by atoms with Crippen LogP contribution in [0.25, 0.3) is 0 Å². The van der Waals surface area contributed by atoms with Crippen molar-refractivity contribution in [1.29, 1.82) is 0 Å². The molecule has 4 atom stereocenters. The van der Waals surface area contributed by atoms with Crippen molar-refractivity contribution in [3.05, 3.63) is 12.2 Å². The Bertz CT molecular complexity index is 454. The van der Waals surface area contributed by atoms with Gasteiger partial charge in [0.2, 0.25) is 0 Å². The van der Waals surface area contributed by atoms with E-state index in [4.69, 9.17) is 0 Å². The van der Waals surface area contributed by atoms with Gasteiger partial charge in [0.15, 0.2) is 0 Å². The van der Waals surface area contributed by atoms with Gasteiger partial charge in [0, 0.05) is 0 Å². The number of aliphatic carboxylic acids is 2. The average molecular weight is 367 g/mol. The highest BCUT2D eigenvalue weighted by atomic mass is 16.4. The molecular weight excluding hydrogens is 328 g/mol. The normalized spacial score (nSPS) is 27.8. The van der Waals surface area contributed by atoms with Gasteiger partial charge in [0.1, 0.15) is 0 Å². The van der Waals surface area contributed by atoms with Crippen LogP contribution < -0.4 is 0 Å². The Kier molecular flexibility index (Phi) is 8.85. The van der Waals surface area contributed by atoms with Gasteiger partial charge >= 0.3 is 11.9 Å². The summed E-state index contributed by atoms with van der Waals surface area (Å²) in [5.74, 6) is -1.45. The third-order valence-electron chi connectivity index (χ3n) is 6.33. The van der Waals surface area contributed by atoms with E-state index in [-0.39, 0.29) is 11.8 Å². The van der Waals surface area contributed by atoms with Crippen molar-refractivity contribution in [3.8, 4) is 0 Å². The van der Waals surface area contributed by atoms with E-state index in [1.54, 1.807) is 0 Å². The Morgan fingerprint density at radius 2 is 1.19 bits per heavy atom. The monoisotopic (exact) mass is 366 g/mol. The number of hydrogen-bond acceptors (Lipinski definition) is 2. The summed E-state index contributed by atoms with van der Waals surface area (Å²) >= 11 is 0. The number of carboxylic acids is 2. The summed E-state index contributed by atoms with van der Waals surface area (Å²) in [6.07, 6.45) is 11.5. The summed E-state index contributed by atoms with van der Waals surface area (Å²) in [4.78, 5) is 25.0. The topological polar surface area (TPSA) is 74.6 Å². The molecule has 4 unspecified atom stereocenters. The number of hydrogen-bond donors (Lipinski definition) is 2. The van der Waals surface area contributed by atoms with Crippen LogP contribution in [0.2, 0.25) is 0 Å². The molecule has 0 saturated carbocycles. The zero-order valence-corrected chi connectivity index (χ0v) is 17.1. The largest absolute Gasteiger partial charge is 0.481 e. The van der Waals surface area contributed by atoms with E-state index in [0.717, 1.165) is 38.5 Å². The molecule has 0 heterocycles. The lowest BCUT2D eigenvalue weighted by Gasteiger charge is -2.48. The van der Waals surface area contributed by atoms with Gasteiger partial charge < -0.3 is 10.2 Å². The van der Waals surface area contributed by atoms with Crippen LogP contribution in [0.5, 0.6) is 0 Å². The van der Waals surface area contributed by atoms with Crippen molar-refractivity contribution in [1.82, 2.24) is 0 Å². The summed E-state index contributed by atoms with van der Waals surface area (Å²) in [6, 6.07) is 0. The van der Waals surface area contributed by atoms with Gasteiger partial charge in [-0.3, -0.25) is 9.59 Å². The van der Waals surface area contributed by atoms with Crippen LogP contribution in [0.3, 0.4) is 0 Å². The Morgan fingerprint density at radius 3 is 1.46 bits per heavy atom. The van der Waals surface area contributed by atoms with E-state index < -0.39 is 22.8 Å². The molecule has 0 spiro atoms. The average Bonchev–Trinajstić information content (AvgIpc) is 2.59. The van der Waals surface area contributed by atoms with Crippen molar-refractivity contribution in [2.24, 2.45) is 22.7 Å². The Morgan fingerprint density at radius 1 is 0.846 bits per heavy atom. The van der Waals surface area contributed by atoms with E-state index >= 15 is 0 Å². The molecule has 0 aliphatic heterocycles. The van der Waals surface area contributed by atoms with Crippen molar-refractivity contribution in [2.75, 3.05) is 0 Å². The predicted molar refractivity (Wildman–Crippen MR) is 105 cm³/mol. The molecule has 150 valence electrons. The summed E-state index contributed by atoms with van der Waals surface area (Å²) in [7, 11) is 0. The molecule has 0 radical (unpaired) electrons. The molecule has 0 aromatic heterocycles. The third-order valence-corrected chi connectivity index (χ3v) is 6.33. The van der Waals surface area contributed by atoms with Crippen LogP contribution in [0, 0.1) is 22.7 Å².